The Balaban J connectivity index is 2.04. The van der Waals surface area contributed by atoms with E-state index in [-0.39, 0.29) is 24.5 Å². The van der Waals surface area contributed by atoms with E-state index in [1.807, 2.05) is 0 Å². The number of primary amides is 1. The van der Waals surface area contributed by atoms with Crippen LogP contribution >= 0.6 is 0 Å². The predicted octanol–water partition coefficient (Wildman–Crippen LogP) is 2.05. The minimum Gasteiger partial charge on any atom is -0.483 e. The Kier molecular flexibility index (Phi) is 5.08. The average molecular weight is 303 g/mol. The van der Waals surface area contributed by atoms with Crippen molar-refractivity contribution in [2.45, 2.75) is 6.61 Å². The number of rotatable bonds is 6. The lowest BCUT2D eigenvalue weighted by Crippen LogP contribution is -2.21. The van der Waals surface area contributed by atoms with Gasteiger partial charge in [0.1, 0.15) is 23.7 Å². The molecule has 114 valence electrons. The Hall–Kier alpha value is -2.89. The second-order valence-electron chi connectivity index (χ2n) is 4.46. The first-order chi connectivity index (χ1) is 10.6. The molecule has 2 aromatic rings. The maximum absolute atomic E-state index is 13.1. The van der Waals surface area contributed by atoms with Gasteiger partial charge < -0.3 is 15.2 Å². The maximum atomic E-state index is 13.1. The molecule has 0 unspecified atom stereocenters. The van der Waals surface area contributed by atoms with E-state index in [4.69, 9.17) is 15.2 Å². The third-order valence-electron chi connectivity index (χ3n) is 2.74. The standard InChI is InChI=1S/C16H14FNO4/c17-12-5-3-4-11(8-12)9-22-16(20)13-6-1-2-7-14(13)21-10-15(18)19/h1-8H,9-10H2,(H2,18,19). The summed E-state index contributed by atoms with van der Waals surface area (Å²) < 4.78 is 23.3. The fourth-order valence-electron chi connectivity index (χ4n) is 1.76. The van der Waals surface area contributed by atoms with Crippen molar-refractivity contribution in [2.75, 3.05) is 6.61 Å². The first-order valence-electron chi connectivity index (χ1n) is 6.48. The van der Waals surface area contributed by atoms with Gasteiger partial charge in [-0.3, -0.25) is 4.79 Å². The number of esters is 1. The normalized spacial score (nSPS) is 10.0. The Morgan fingerprint density at radius 2 is 1.86 bits per heavy atom. The summed E-state index contributed by atoms with van der Waals surface area (Å²) in [5.74, 6) is -1.49. The highest BCUT2D eigenvalue weighted by Crippen LogP contribution is 2.19. The monoisotopic (exact) mass is 303 g/mol. The molecule has 0 atom stereocenters. The van der Waals surface area contributed by atoms with E-state index in [2.05, 4.69) is 0 Å². The van der Waals surface area contributed by atoms with Crippen LogP contribution < -0.4 is 10.5 Å². The fourth-order valence-corrected chi connectivity index (χ4v) is 1.76. The summed E-state index contributed by atoms with van der Waals surface area (Å²) >= 11 is 0. The van der Waals surface area contributed by atoms with Gasteiger partial charge in [0, 0.05) is 0 Å². The second kappa shape index (κ2) is 7.21. The molecular formula is C16H14FNO4. The Morgan fingerprint density at radius 3 is 2.59 bits per heavy atom. The molecule has 0 aromatic heterocycles. The second-order valence-corrected chi connectivity index (χ2v) is 4.46. The van der Waals surface area contributed by atoms with Crippen LogP contribution in [0.1, 0.15) is 15.9 Å². The predicted molar refractivity (Wildman–Crippen MR) is 76.7 cm³/mol. The van der Waals surface area contributed by atoms with Crippen molar-refractivity contribution in [1.29, 1.82) is 0 Å². The van der Waals surface area contributed by atoms with Crippen molar-refractivity contribution in [2.24, 2.45) is 5.73 Å². The van der Waals surface area contributed by atoms with E-state index in [0.717, 1.165) is 0 Å². The van der Waals surface area contributed by atoms with Gasteiger partial charge in [0.2, 0.25) is 0 Å². The maximum Gasteiger partial charge on any atom is 0.342 e. The van der Waals surface area contributed by atoms with Crippen LogP contribution in [-0.2, 0) is 16.1 Å². The lowest BCUT2D eigenvalue weighted by molar-refractivity contribution is -0.119. The van der Waals surface area contributed by atoms with Crippen LogP contribution in [0.2, 0.25) is 0 Å². The van der Waals surface area contributed by atoms with Crippen LogP contribution in [0.5, 0.6) is 5.75 Å². The van der Waals surface area contributed by atoms with Gasteiger partial charge in [0.15, 0.2) is 6.61 Å². The van der Waals surface area contributed by atoms with Gasteiger partial charge >= 0.3 is 5.97 Å². The molecule has 0 bridgehead atoms. The molecule has 0 aliphatic heterocycles. The summed E-state index contributed by atoms with van der Waals surface area (Å²) in [6.45, 7) is -0.408. The number of benzene rings is 2. The quantitative estimate of drug-likeness (QED) is 0.828. The van der Waals surface area contributed by atoms with Crippen LogP contribution in [0.3, 0.4) is 0 Å². The van der Waals surface area contributed by atoms with Gasteiger partial charge in [0.05, 0.1) is 0 Å². The number of hydrogen-bond donors (Lipinski definition) is 1. The SMILES string of the molecule is NC(=O)COc1ccccc1C(=O)OCc1cccc(F)c1. The minimum atomic E-state index is -0.650. The van der Waals surface area contributed by atoms with Crippen LogP contribution in [-0.4, -0.2) is 18.5 Å². The molecule has 0 aliphatic carbocycles. The topological polar surface area (TPSA) is 78.6 Å². The summed E-state index contributed by atoms with van der Waals surface area (Å²) in [5.41, 5.74) is 5.70. The van der Waals surface area contributed by atoms with Crippen LogP contribution in [0.15, 0.2) is 48.5 Å². The van der Waals surface area contributed by atoms with Gasteiger partial charge in [-0.25, -0.2) is 9.18 Å². The van der Waals surface area contributed by atoms with Crippen molar-refractivity contribution in [1.82, 2.24) is 0 Å². The zero-order valence-electron chi connectivity index (χ0n) is 11.6. The average Bonchev–Trinajstić information content (AvgIpc) is 2.51. The Bertz CT molecular complexity index is 687. The molecule has 0 fully saturated rings. The number of carbonyl (C=O) groups is 2. The van der Waals surface area contributed by atoms with Crippen molar-refractivity contribution in [3.8, 4) is 5.75 Å². The molecule has 0 saturated carbocycles. The highest BCUT2D eigenvalue weighted by Gasteiger charge is 2.14. The Labute approximate surface area is 126 Å². The molecule has 0 heterocycles. The molecule has 0 spiro atoms. The van der Waals surface area contributed by atoms with Crippen LogP contribution in [0.25, 0.3) is 0 Å². The molecule has 2 N–H and O–H groups in total. The van der Waals surface area contributed by atoms with Gasteiger partial charge in [-0.15, -0.1) is 0 Å². The van der Waals surface area contributed by atoms with Crippen molar-refractivity contribution in [3.63, 3.8) is 0 Å². The lowest BCUT2D eigenvalue weighted by atomic mass is 10.2. The molecule has 0 aliphatic rings. The molecule has 6 heteroatoms. The number of halogens is 1. The van der Waals surface area contributed by atoms with E-state index in [9.17, 15) is 14.0 Å². The largest absolute Gasteiger partial charge is 0.483 e. The number of hydrogen-bond acceptors (Lipinski definition) is 4. The van der Waals surface area contributed by atoms with Gasteiger partial charge in [-0.05, 0) is 29.8 Å². The molecule has 5 nitrogen and oxygen atoms in total. The van der Waals surface area contributed by atoms with Crippen molar-refractivity contribution in [3.05, 3.63) is 65.5 Å². The van der Waals surface area contributed by atoms with E-state index in [0.29, 0.717) is 5.56 Å². The minimum absolute atomic E-state index is 0.0687. The molecule has 1 amide bonds. The summed E-state index contributed by atoms with van der Waals surface area (Å²) in [7, 11) is 0. The summed E-state index contributed by atoms with van der Waals surface area (Å²) in [5, 5.41) is 0. The molecular weight excluding hydrogens is 289 g/mol. The van der Waals surface area contributed by atoms with Crippen LogP contribution in [0, 0.1) is 5.82 Å². The summed E-state index contributed by atoms with van der Waals surface area (Å²) in [4.78, 5) is 22.8. The number of carbonyl (C=O) groups excluding carboxylic acids is 2. The van der Waals surface area contributed by atoms with E-state index >= 15 is 0 Å². The molecule has 0 saturated heterocycles. The van der Waals surface area contributed by atoms with Crippen molar-refractivity contribution < 1.29 is 23.5 Å². The van der Waals surface area contributed by atoms with E-state index in [1.165, 1.54) is 30.3 Å². The van der Waals surface area contributed by atoms with Gasteiger partial charge in [0.25, 0.3) is 5.91 Å². The number of amides is 1. The molecule has 2 rings (SSSR count). The van der Waals surface area contributed by atoms with Gasteiger partial charge in [-0.1, -0.05) is 24.3 Å². The number of para-hydroxylation sites is 1. The van der Waals surface area contributed by atoms with E-state index in [1.54, 1.807) is 18.2 Å². The first kappa shape index (κ1) is 15.5. The van der Waals surface area contributed by atoms with Crippen molar-refractivity contribution >= 4 is 11.9 Å². The molecule has 2 aromatic carbocycles. The highest BCUT2D eigenvalue weighted by molar-refractivity contribution is 5.92. The molecule has 0 radical (unpaired) electrons. The zero-order chi connectivity index (χ0) is 15.9. The first-order valence-corrected chi connectivity index (χ1v) is 6.48. The van der Waals surface area contributed by atoms with Crippen LogP contribution in [0.4, 0.5) is 4.39 Å². The van der Waals surface area contributed by atoms with Gasteiger partial charge in [-0.2, -0.15) is 0 Å². The Morgan fingerprint density at radius 1 is 1.09 bits per heavy atom. The number of nitrogens with two attached hydrogens (primary N) is 1. The fraction of sp³-hybridized carbons (Fsp3) is 0.125. The third kappa shape index (κ3) is 4.31. The zero-order valence-corrected chi connectivity index (χ0v) is 11.6. The lowest BCUT2D eigenvalue weighted by Gasteiger charge is -2.10. The molecule has 22 heavy (non-hydrogen) atoms. The summed E-state index contributed by atoms with van der Waals surface area (Å²) in [6, 6.07) is 12.1. The third-order valence-corrected chi connectivity index (χ3v) is 2.74. The summed E-state index contributed by atoms with van der Waals surface area (Å²) in [6.07, 6.45) is 0. The van der Waals surface area contributed by atoms with E-state index < -0.39 is 17.7 Å². The number of ether oxygens (including phenoxy) is 2. The highest BCUT2D eigenvalue weighted by atomic mass is 19.1. The smallest absolute Gasteiger partial charge is 0.342 e.